The Bertz CT molecular complexity index is 1120. The topological polar surface area (TPSA) is 80.5 Å². The second kappa shape index (κ2) is 10.0. The standard InChI is InChI=1S/C24H26Cl2N4O3/c1-3-16(13-29-15(2)19(11-23(31)32)18-7-4-5-10-22(18)29)30-17(12-27-28-30)14-33-24-20(25)8-6-9-21(24)26/h4-10,12,15-16,19H,3,11,13-14H2,1-2H3,(H,31,32)/t15?,16?,19-/m1/s1. The zero-order chi connectivity index (χ0) is 23.5. The number of aliphatic carboxylic acids is 1. The van der Waals surface area contributed by atoms with Gasteiger partial charge in [-0.15, -0.1) is 5.10 Å². The van der Waals surface area contributed by atoms with Gasteiger partial charge in [-0.2, -0.15) is 0 Å². The fourth-order valence-electron chi connectivity index (χ4n) is 4.54. The van der Waals surface area contributed by atoms with E-state index < -0.39 is 5.97 Å². The maximum atomic E-state index is 11.5. The van der Waals surface area contributed by atoms with Gasteiger partial charge in [0, 0.05) is 24.2 Å². The Hall–Kier alpha value is -2.77. The molecule has 1 aliphatic heterocycles. The molecule has 7 nitrogen and oxygen atoms in total. The number of hydrogen-bond donors (Lipinski definition) is 1. The van der Waals surface area contributed by atoms with Crippen molar-refractivity contribution in [2.45, 2.75) is 51.3 Å². The molecule has 1 N–H and O–H groups in total. The summed E-state index contributed by atoms with van der Waals surface area (Å²) in [6.07, 6.45) is 2.60. The third-order valence-electron chi connectivity index (χ3n) is 6.27. The van der Waals surface area contributed by atoms with Crippen molar-refractivity contribution < 1.29 is 14.6 Å². The quantitative estimate of drug-likeness (QED) is 0.423. The normalized spacial score (nSPS) is 18.2. The lowest BCUT2D eigenvalue weighted by Crippen LogP contribution is -2.37. The van der Waals surface area contributed by atoms with Crippen LogP contribution in [0.15, 0.2) is 48.7 Å². The van der Waals surface area contributed by atoms with E-state index in [1.165, 1.54) is 0 Å². The number of carboxylic acids is 1. The lowest BCUT2D eigenvalue weighted by molar-refractivity contribution is -0.137. The highest BCUT2D eigenvalue weighted by Gasteiger charge is 2.37. The van der Waals surface area contributed by atoms with Crippen LogP contribution in [0.4, 0.5) is 5.69 Å². The molecule has 0 amide bonds. The minimum Gasteiger partial charge on any atom is -0.484 e. The second-order valence-corrected chi connectivity index (χ2v) is 9.04. The molecular formula is C24H26Cl2N4O3. The van der Waals surface area contributed by atoms with Gasteiger partial charge in [-0.05, 0) is 37.1 Å². The van der Waals surface area contributed by atoms with Crippen LogP contribution in [0.25, 0.3) is 0 Å². The molecule has 2 unspecified atom stereocenters. The van der Waals surface area contributed by atoms with Crippen molar-refractivity contribution in [2.24, 2.45) is 0 Å². The number of benzene rings is 2. The van der Waals surface area contributed by atoms with E-state index in [-0.39, 0.29) is 31.0 Å². The maximum Gasteiger partial charge on any atom is 0.304 e. The van der Waals surface area contributed by atoms with Crippen LogP contribution in [0.2, 0.25) is 10.0 Å². The summed E-state index contributed by atoms with van der Waals surface area (Å²) in [4.78, 5) is 13.8. The molecule has 4 rings (SSSR count). The largest absolute Gasteiger partial charge is 0.484 e. The van der Waals surface area contributed by atoms with E-state index in [1.807, 2.05) is 22.9 Å². The number of nitrogens with zero attached hydrogens (tertiary/aromatic N) is 4. The second-order valence-electron chi connectivity index (χ2n) is 8.23. The van der Waals surface area contributed by atoms with Crippen LogP contribution < -0.4 is 9.64 Å². The van der Waals surface area contributed by atoms with E-state index in [0.29, 0.717) is 22.3 Å². The first-order valence-corrected chi connectivity index (χ1v) is 11.7. The number of anilines is 1. The summed E-state index contributed by atoms with van der Waals surface area (Å²) in [5.74, 6) is -0.415. The van der Waals surface area contributed by atoms with Gasteiger partial charge in [0.1, 0.15) is 6.61 Å². The molecule has 3 atom stereocenters. The number of fused-ring (bicyclic) bond motifs is 1. The highest BCUT2D eigenvalue weighted by atomic mass is 35.5. The minimum absolute atomic E-state index is 0.0203. The summed E-state index contributed by atoms with van der Waals surface area (Å²) in [5, 5.41) is 18.8. The molecule has 0 bridgehead atoms. The van der Waals surface area contributed by atoms with E-state index in [1.54, 1.807) is 24.4 Å². The van der Waals surface area contributed by atoms with Crippen molar-refractivity contribution in [2.75, 3.05) is 11.4 Å². The van der Waals surface area contributed by atoms with Crippen LogP contribution in [0.1, 0.15) is 49.9 Å². The number of carbonyl (C=O) groups is 1. The molecule has 33 heavy (non-hydrogen) atoms. The molecule has 1 aromatic heterocycles. The van der Waals surface area contributed by atoms with Gasteiger partial charge in [-0.25, -0.2) is 4.68 Å². The van der Waals surface area contributed by atoms with Crippen LogP contribution in [0, 0.1) is 0 Å². The van der Waals surface area contributed by atoms with Gasteiger partial charge in [-0.1, -0.05) is 59.6 Å². The van der Waals surface area contributed by atoms with Crippen LogP contribution >= 0.6 is 23.2 Å². The fourth-order valence-corrected chi connectivity index (χ4v) is 5.05. The Morgan fingerprint density at radius 3 is 2.61 bits per heavy atom. The third kappa shape index (κ3) is 4.80. The summed E-state index contributed by atoms with van der Waals surface area (Å²) in [6, 6.07) is 13.3. The minimum atomic E-state index is -0.788. The summed E-state index contributed by atoms with van der Waals surface area (Å²) in [5.41, 5.74) is 2.97. The van der Waals surface area contributed by atoms with E-state index in [4.69, 9.17) is 27.9 Å². The van der Waals surface area contributed by atoms with Gasteiger partial charge in [0.05, 0.1) is 34.4 Å². The summed E-state index contributed by atoms with van der Waals surface area (Å²) < 4.78 is 7.79. The van der Waals surface area contributed by atoms with Crippen molar-refractivity contribution in [1.29, 1.82) is 0 Å². The van der Waals surface area contributed by atoms with E-state index >= 15 is 0 Å². The molecule has 0 saturated carbocycles. The van der Waals surface area contributed by atoms with E-state index in [9.17, 15) is 9.90 Å². The average Bonchev–Trinajstić information content (AvgIpc) is 3.35. The molecular weight excluding hydrogens is 463 g/mol. The van der Waals surface area contributed by atoms with Crippen molar-refractivity contribution in [1.82, 2.24) is 15.0 Å². The van der Waals surface area contributed by atoms with Crippen LogP contribution in [-0.4, -0.2) is 38.7 Å². The molecule has 0 saturated heterocycles. The van der Waals surface area contributed by atoms with Gasteiger partial charge >= 0.3 is 5.97 Å². The monoisotopic (exact) mass is 488 g/mol. The molecule has 0 fully saturated rings. The van der Waals surface area contributed by atoms with E-state index in [0.717, 1.165) is 23.4 Å². The molecule has 1 aliphatic rings. The first-order valence-electron chi connectivity index (χ1n) is 10.9. The predicted octanol–water partition coefficient (Wildman–Crippen LogP) is 5.58. The number of halogens is 2. The molecule has 2 aromatic carbocycles. The van der Waals surface area contributed by atoms with Crippen LogP contribution in [0.5, 0.6) is 5.75 Å². The molecule has 0 spiro atoms. The van der Waals surface area contributed by atoms with Crippen LogP contribution in [-0.2, 0) is 11.4 Å². The molecule has 174 valence electrons. The summed E-state index contributed by atoms with van der Waals surface area (Å²) >= 11 is 12.5. The lowest BCUT2D eigenvalue weighted by Gasteiger charge is -2.31. The van der Waals surface area contributed by atoms with Gasteiger partial charge in [-0.3, -0.25) is 4.79 Å². The van der Waals surface area contributed by atoms with Crippen molar-refractivity contribution >= 4 is 34.9 Å². The highest BCUT2D eigenvalue weighted by molar-refractivity contribution is 6.37. The van der Waals surface area contributed by atoms with E-state index in [2.05, 4.69) is 35.1 Å². The number of carboxylic acid groups (broad SMARTS) is 1. The molecule has 0 aliphatic carbocycles. The van der Waals surface area contributed by atoms with Crippen molar-refractivity contribution in [3.8, 4) is 5.75 Å². The smallest absolute Gasteiger partial charge is 0.304 e. The molecule has 0 radical (unpaired) electrons. The summed E-state index contributed by atoms with van der Waals surface area (Å²) in [7, 11) is 0. The Labute approximate surface area is 202 Å². The van der Waals surface area contributed by atoms with Crippen molar-refractivity contribution in [3.05, 3.63) is 70.0 Å². The Kier molecular flexibility index (Phi) is 7.10. The van der Waals surface area contributed by atoms with Gasteiger partial charge in [0.25, 0.3) is 0 Å². The number of aromatic nitrogens is 3. The van der Waals surface area contributed by atoms with Gasteiger partial charge in [0.15, 0.2) is 5.75 Å². The Balaban J connectivity index is 1.55. The Morgan fingerprint density at radius 1 is 1.18 bits per heavy atom. The first-order chi connectivity index (χ1) is 15.9. The molecule has 9 heteroatoms. The summed E-state index contributed by atoms with van der Waals surface area (Å²) in [6.45, 7) is 5.09. The van der Waals surface area contributed by atoms with Gasteiger partial charge in [0.2, 0.25) is 0 Å². The van der Waals surface area contributed by atoms with Crippen LogP contribution in [0.3, 0.4) is 0 Å². The zero-order valence-corrected chi connectivity index (χ0v) is 20.0. The predicted molar refractivity (Wildman–Crippen MR) is 128 cm³/mol. The van der Waals surface area contributed by atoms with Crippen molar-refractivity contribution in [3.63, 3.8) is 0 Å². The number of para-hydroxylation sites is 2. The number of hydrogen-bond acceptors (Lipinski definition) is 5. The fraction of sp³-hybridized carbons (Fsp3) is 0.375. The van der Waals surface area contributed by atoms with Gasteiger partial charge < -0.3 is 14.7 Å². The molecule has 3 aromatic rings. The number of rotatable bonds is 9. The SMILES string of the molecule is CCC(CN1c2ccccc2[C@H](CC(=O)O)C1C)n1nncc1COc1c(Cl)cccc1Cl. The highest BCUT2D eigenvalue weighted by Crippen LogP contribution is 2.43. The molecule has 2 heterocycles. The zero-order valence-electron chi connectivity index (χ0n) is 18.5. The maximum absolute atomic E-state index is 11.5. The third-order valence-corrected chi connectivity index (χ3v) is 6.87. The lowest BCUT2D eigenvalue weighted by atomic mass is 9.93. The Morgan fingerprint density at radius 2 is 1.91 bits per heavy atom. The average molecular weight is 489 g/mol. The number of ether oxygens (including phenoxy) is 1. The first kappa shape index (κ1) is 23.4.